The van der Waals surface area contributed by atoms with E-state index in [1.165, 1.54) is 0 Å². The van der Waals surface area contributed by atoms with E-state index in [2.05, 4.69) is 11.0 Å². The first-order valence-corrected chi connectivity index (χ1v) is 15.6. The topological polar surface area (TPSA) is 130 Å². The van der Waals surface area contributed by atoms with Crippen molar-refractivity contribution in [2.24, 2.45) is 0 Å². The van der Waals surface area contributed by atoms with Gasteiger partial charge >= 0.3 is 5.97 Å². The van der Waals surface area contributed by atoms with Crippen LogP contribution in [0.1, 0.15) is 69.4 Å². The molecule has 0 aromatic heterocycles. The van der Waals surface area contributed by atoms with Crippen molar-refractivity contribution in [3.05, 3.63) is 35.1 Å². The summed E-state index contributed by atoms with van der Waals surface area (Å²) in [5.74, 6) is 0.887. The molecule has 1 aliphatic carbocycles. The van der Waals surface area contributed by atoms with Gasteiger partial charge in [-0.2, -0.15) is 0 Å². The highest BCUT2D eigenvalue weighted by Crippen LogP contribution is 2.55. The molecular formula is C32H46N2O9. The normalized spacial score (nSPS) is 29.1. The molecule has 238 valence electrons. The van der Waals surface area contributed by atoms with E-state index in [9.17, 15) is 20.1 Å². The minimum Gasteiger partial charge on any atom is -0.497 e. The average Bonchev–Trinajstić information content (AvgIpc) is 3.66. The third-order valence-corrected chi connectivity index (χ3v) is 9.94. The van der Waals surface area contributed by atoms with Gasteiger partial charge in [-0.25, -0.2) is 4.79 Å². The summed E-state index contributed by atoms with van der Waals surface area (Å²) in [5.41, 5.74) is -1.18. The first-order valence-electron chi connectivity index (χ1n) is 15.6. The van der Waals surface area contributed by atoms with Crippen LogP contribution in [0, 0.1) is 0 Å². The number of morpholine rings is 1. The van der Waals surface area contributed by atoms with E-state index in [4.69, 9.17) is 23.7 Å². The van der Waals surface area contributed by atoms with Crippen LogP contribution in [0.3, 0.4) is 0 Å². The van der Waals surface area contributed by atoms with Crippen molar-refractivity contribution in [3.8, 4) is 11.5 Å². The van der Waals surface area contributed by atoms with Crippen molar-refractivity contribution < 1.29 is 43.8 Å². The zero-order valence-electron chi connectivity index (χ0n) is 25.5. The summed E-state index contributed by atoms with van der Waals surface area (Å²) in [5, 5.41) is 33.4. The van der Waals surface area contributed by atoms with E-state index in [0.29, 0.717) is 50.7 Å². The Bertz CT molecular complexity index is 1230. The molecule has 2 saturated heterocycles. The molecule has 1 aromatic rings. The number of ether oxygens (including phenoxy) is 5. The lowest BCUT2D eigenvalue weighted by molar-refractivity contribution is -0.181. The Kier molecular flexibility index (Phi) is 8.42. The fraction of sp³-hybridized carbons (Fsp3) is 0.719. The number of rotatable bonds is 10. The van der Waals surface area contributed by atoms with Crippen molar-refractivity contribution in [3.63, 3.8) is 0 Å². The second kappa shape index (κ2) is 11.8. The summed E-state index contributed by atoms with van der Waals surface area (Å²) in [4.78, 5) is 18.5. The zero-order valence-corrected chi connectivity index (χ0v) is 25.5. The van der Waals surface area contributed by atoms with Crippen LogP contribution in [0.5, 0.6) is 11.5 Å². The van der Waals surface area contributed by atoms with Gasteiger partial charge in [0.25, 0.3) is 0 Å². The summed E-state index contributed by atoms with van der Waals surface area (Å²) >= 11 is 0. The van der Waals surface area contributed by atoms with Crippen LogP contribution in [0.25, 0.3) is 0 Å². The molecule has 4 aliphatic heterocycles. The minimum absolute atomic E-state index is 0.0349. The Morgan fingerprint density at radius 3 is 2.58 bits per heavy atom. The molecule has 6 rings (SSSR count). The second-order valence-corrected chi connectivity index (χ2v) is 13.3. The van der Waals surface area contributed by atoms with Gasteiger partial charge in [0.15, 0.2) is 23.2 Å². The number of aliphatic hydroxyl groups excluding tert-OH is 1. The standard InChI is InChI=1S/C32H46N2O9/c1-30(2,37)7-4-9-32(38,19-26(35)33-12-14-40-15-13-33)29(36)43-28-25(39-3)18-31-8-5-10-34(31)11-6-21-16-23-24(42-20-41-23)17-22(21)27(28)31/h16-18,26-28,35,37-38H,4-15,19-20H2,1-3H3/t26?,27-,28-,31+,32-/m1/s1. The number of carbonyl (C=O) groups excluding carboxylic acids is 1. The predicted molar refractivity (Wildman–Crippen MR) is 156 cm³/mol. The smallest absolute Gasteiger partial charge is 0.339 e. The van der Waals surface area contributed by atoms with Crippen molar-refractivity contribution in [1.82, 2.24) is 9.80 Å². The van der Waals surface area contributed by atoms with Crippen molar-refractivity contribution in [1.29, 1.82) is 0 Å². The highest BCUT2D eigenvalue weighted by molar-refractivity contribution is 5.80. The van der Waals surface area contributed by atoms with Crippen molar-refractivity contribution in [2.45, 2.75) is 93.8 Å². The predicted octanol–water partition coefficient (Wildman–Crippen LogP) is 2.06. The zero-order chi connectivity index (χ0) is 30.4. The van der Waals surface area contributed by atoms with E-state index >= 15 is 0 Å². The molecule has 2 fully saturated rings. The number of hydrogen-bond donors (Lipinski definition) is 3. The molecule has 11 heteroatoms. The van der Waals surface area contributed by atoms with Gasteiger partial charge in [0, 0.05) is 26.1 Å². The Morgan fingerprint density at radius 1 is 1.12 bits per heavy atom. The fourth-order valence-corrected chi connectivity index (χ4v) is 7.73. The summed E-state index contributed by atoms with van der Waals surface area (Å²) in [6.45, 7) is 7.30. The number of nitrogens with zero attached hydrogens (tertiary/aromatic N) is 2. The van der Waals surface area contributed by atoms with Crippen LogP contribution in [-0.2, 0) is 25.4 Å². The molecule has 4 heterocycles. The van der Waals surface area contributed by atoms with E-state index in [0.717, 1.165) is 49.2 Å². The van der Waals surface area contributed by atoms with Gasteiger partial charge in [-0.1, -0.05) is 0 Å². The Hall–Kier alpha value is -2.41. The van der Waals surface area contributed by atoms with E-state index in [-0.39, 0.29) is 25.6 Å². The molecule has 1 unspecified atom stereocenters. The number of esters is 1. The maximum absolute atomic E-state index is 14.2. The molecule has 0 bridgehead atoms. The van der Waals surface area contributed by atoms with Gasteiger partial charge in [-0.05, 0) is 88.3 Å². The lowest BCUT2D eigenvalue weighted by Crippen LogP contribution is -2.52. The minimum atomic E-state index is -1.98. The molecule has 1 spiro atoms. The van der Waals surface area contributed by atoms with Crippen LogP contribution in [0.4, 0.5) is 0 Å². The number of hydrogen-bond acceptors (Lipinski definition) is 11. The third kappa shape index (κ3) is 5.87. The maximum atomic E-state index is 14.2. The average molecular weight is 603 g/mol. The lowest BCUT2D eigenvalue weighted by atomic mass is 9.77. The van der Waals surface area contributed by atoms with Gasteiger partial charge in [0.2, 0.25) is 6.79 Å². The van der Waals surface area contributed by atoms with Crippen molar-refractivity contribution >= 4 is 5.97 Å². The number of benzene rings is 1. The molecular weight excluding hydrogens is 556 g/mol. The summed E-state index contributed by atoms with van der Waals surface area (Å²) in [7, 11) is 1.59. The van der Waals surface area contributed by atoms with Gasteiger partial charge in [-0.15, -0.1) is 0 Å². The molecule has 5 atom stereocenters. The van der Waals surface area contributed by atoms with Gasteiger partial charge in [-0.3, -0.25) is 9.80 Å². The summed E-state index contributed by atoms with van der Waals surface area (Å²) in [6, 6.07) is 4.07. The SMILES string of the molecule is COC1=C[C@]23CCCN2CCc2cc4c(cc2[C@@H]3[C@@H]1OC(=O)[C@@](O)(CCCC(C)(C)O)CC(O)N1CCOCC1)OCO4. The number of methoxy groups -OCH3 is 1. The highest BCUT2D eigenvalue weighted by atomic mass is 16.7. The Labute approximate surface area is 253 Å². The largest absolute Gasteiger partial charge is 0.497 e. The Morgan fingerprint density at radius 2 is 1.86 bits per heavy atom. The molecule has 11 nitrogen and oxygen atoms in total. The van der Waals surface area contributed by atoms with Crippen molar-refractivity contribution in [2.75, 3.05) is 53.3 Å². The van der Waals surface area contributed by atoms with Crippen LogP contribution >= 0.6 is 0 Å². The lowest BCUT2D eigenvalue weighted by Gasteiger charge is -2.40. The van der Waals surface area contributed by atoms with Crippen LogP contribution < -0.4 is 9.47 Å². The molecule has 0 radical (unpaired) electrons. The van der Waals surface area contributed by atoms with Gasteiger partial charge in [0.1, 0.15) is 12.0 Å². The third-order valence-electron chi connectivity index (χ3n) is 9.94. The molecule has 0 amide bonds. The van der Waals surface area contributed by atoms with Crippen LogP contribution in [0.15, 0.2) is 24.0 Å². The molecule has 1 aromatic carbocycles. The van der Waals surface area contributed by atoms with E-state index < -0.39 is 35.0 Å². The van der Waals surface area contributed by atoms with E-state index in [1.54, 1.807) is 21.0 Å². The van der Waals surface area contributed by atoms with Crippen LogP contribution in [0.2, 0.25) is 0 Å². The van der Waals surface area contributed by atoms with Gasteiger partial charge in [0.05, 0.1) is 37.4 Å². The molecule has 43 heavy (non-hydrogen) atoms. The maximum Gasteiger partial charge on any atom is 0.339 e. The van der Waals surface area contributed by atoms with E-state index in [1.807, 2.05) is 17.0 Å². The first kappa shape index (κ1) is 30.6. The summed E-state index contributed by atoms with van der Waals surface area (Å²) < 4.78 is 29.1. The molecule has 5 aliphatic rings. The quantitative estimate of drug-likeness (QED) is 0.340. The van der Waals surface area contributed by atoms with Gasteiger partial charge < -0.3 is 39.0 Å². The molecule has 3 N–H and O–H groups in total. The van der Waals surface area contributed by atoms with Crippen LogP contribution in [-0.4, -0.2) is 113 Å². The Balaban J connectivity index is 1.32. The first-order chi connectivity index (χ1) is 20.5. The molecule has 0 saturated carbocycles. The summed E-state index contributed by atoms with van der Waals surface area (Å²) in [6.07, 6.45) is 3.58. The highest BCUT2D eigenvalue weighted by Gasteiger charge is 2.59. The monoisotopic (exact) mass is 602 g/mol. The number of fused-ring (bicyclic) bond motifs is 3. The number of aliphatic hydroxyl groups is 3. The second-order valence-electron chi connectivity index (χ2n) is 13.3. The fourth-order valence-electron chi connectivity index (χ4n) is 7.73. The number of carbonyl (C=O) groups is 1.